The van der Waals surface area contributed by atoms with E-state index in [9.17, 15) is 5.11 Å². The van der Waals surface area contributed by atoms with Crippen molar-refractivity contribution in [1.29, 1.82) is 0 Å². The lowest BCUT2D eigenvalue weighted by atomic mass is 10.3. The third-order valence-electron chi connectivity index (χ3n) is 4.24. The highest BCUT2D eigenvalue weighted by atomic mass is 16.5. The van der Waals surface area contributed by atoms with Gasteiger partial charge in [0.25, 0.3) is 0 Å². The summed E-state index contributed by atoms with van der Waals surface area (Å²) in [4.78, 5) is 6.58. The number of aryl methyl sites for hydroxylation is 2. The Morgan fingerprint density at radius 2 is 2.25 bits per heavy atom. The van der Waals surface area contributed by atoms with Crippen molar-refractivity contribution < 1.29 is 9.84 Å². The third-order valence-corrected chi connectivity index (χ3v) is 4.24. The molecule has 2 atom stereocenters. The number of hydrogen-bond acceptors (Lipinski definition) is 7. The van der Waals surface area contributed by atoms with Crippen LogP contribution in [-0.2, 0) is 6.54 Å². The summed E-state index contributed by atoms with van der Waals surface area (Å²) in [6.45, 7) is 5.71. The Hall–Kier alpha value is -2.68. The van der Waals surface area contributed by atoms with Crippen LogP contribution in [0.4, 0.5) is 5.82 Å². The van der Waals surface area contributed by atoms with E-state index in [0.29, 0.717) is 18.8 Å². The predicted octanol–water partition coefficient (Wildman–Crippen LogP) is 0.278. The van der Waals surface area contributed by atoms with Gasteiger partial charge >= 0.3 is 0 Å². The molecule has 1 fully saturated rings. The number of fused-ring (bicyclic) bond motifs is 1. The first kappa shape index (κ1) is 14.9. The SMILES string of the molecule is CCn1cc(O[C@@H]2CN(c3cc4nncn4c(C)n3)C[C@H]2O)cn1. The minimum atomic E-state index is -0.592. The fraction of sp³-hybridized carbons (Fsp3) is 0.467. The van der Waals surface area contributed by atoms with E-state index in [-0.39, 0.29) is 6.10 Å². The average Bonchev–Trinajstić information content (AvgIpc) is 3.28. The maximum absolute atomic E-state index is 10.3. The van der Waals surface area contributed by atoms with Crippen LogP contribution in [-0.4, -0.2) is 59.8 Å². The van der Waals surface area contributed by atoms with E-state index in [0.717, 1.165) is 23.8 Å². The van der Waals surface area contributed by atoms with Crippen molar-refractivity contribution in [1.82, 2.24) is 29.4 Å². The van der Waals surface area contributed by atoms with Gasteiger partial charge in [0.05, 0.1) is 18.9 Å². The first-order chi connectivity index (χ1) is 11.6. The summed E-state index contributed by atoms with van der Waals surface area (Å²) < 4.78 is 9.50. The molecular weight excluding hydrogens is 310 g/mol. The van der Waals surface area contributed by atoms with E-state index in [1.54, 1.807) is 17.2 Å². The number of rotatable bonds is 4. The lowest BCUT2D eigenvalue weighted by molar-refractivity contribution is 0.0737. The number of aliphatic hydroxyl groups is 1. The number of anilines is 1. The maximum atomic E-state index is 10.3. The molecule has 0 aromatic carbocycles. The molecule has 0 amide bonds. The zero-order chi connectivity index (χ0) is 16.7. The highest BCUT2D eigenvalue weighted by Crippen LogP contribution is 2.23. The molecule has 0 bridgehead atoms. The van der Waals surface area contributed by atoms with Crippen LogP contribution in [0.25, 0.3) is 5.65 Å². The van der Waals surface area contributed by atoms with Crippen LogP contribution in [0.5, 0.6) is 5.75 Å². The van der Waals surface area contributed by atoms with Gasteiger partial charge in [0.2, 0.25) is 0 Å². The van der Waals surface area contributed by atoms with Crippen LogP contribution in [0.1, 0.15) is 12.7 Å². The monoisotopic (exact) mass is 329 g/mol. The Labute approximate surface area is 138 Å². The minimum absolute atomic E-state index is 0.323. The normalized spacial score (nSPS) is 20.9. The van der Waals surface area contributed by atoms with Crippen LogP contribution in [0, 0.1) is 6.92 Å². The van der Waals surface area contributed by atoms with Crippen LogP contribution in [0.15, 0.2) is 24.8 Å². The molecule has 1 aliphatic rings. The summed E-state index contributed by atoms with van der Waals surface area (Å²) in [5, 5.41) is 22.5. The van der Waals surface area contributed by atoms with E-state index >= 15 is 0 Å². The van der Waals surface area contributed by atoms with Crippen LogP contribution >= 0.6 is 0 Å². The van der Waals surface area contributed by atoms with Crippen molar-refractivity contribution in [3.05, 3.63) is 30.6 Å². The first-order valence-corrected chi connectivity index (χ1v) is 7.93. The summed E-state index contributed by atoms with van der Waals surface area (Å²) in [5.41, 5.74) is 0.737. The van der Waals surface area contributed by atoms with Gasteiger partial charge in [0.1, 0.15) is 30.2 Å². The van der Waals surface area contributed by atoms with Gasteiger partial charge in [-0.2, -0.15) is 5.10 Å². The fourth-order valence-corrected chi connectivity index (χ4v) is 2.93. The number of nitrogens with zero attached hydrogens (tertiary/aromatic N) is 7. The highest BCUT2D eigenvalue weighted by Gasteiger charge is 2.34. The van der Waals surface area contributed by atoms with Gasteiger partial charge in [-0.1, -0.05) is 0 Å². The Balaban J connectivity index is 1.53. The summed E-state index contributed by atoms with van der Waals surface area (Å²) in [6.07, 6.45) is 4.23. The molecule has 3 aromatic rings. The minimum Gasteiger partial charge on any atom is -0.482 e. The second-order valence-electron chi connectivity index (χ2n) is 5.88. The molecule has 1 saturated heterocycles. The van der Waals surface area contributed by atoms with E-state index in [1.807, 2.05) is 35.4 Å². The Morgan fingerprint density at radius 3 is 3.04 bits per heavy atom. The maximum Gasteiger partial charge on any atom is 0.165 e. The van der Waals surface area contributed by atoms with Crippen molar-refractivity contribution in [3.63, 3.8) is 0 Å². The standard InChI is InChI=1S/C15H19N7O2/c1-3-21-6-11(5-17-21)24-13-8-20(7-12(13)23)14-4-15-19-16-9-22(15)10(2)18-14/h4-6,9,12-13,23H,3,7-8H2,1-2H3/t12-,13-/m1/s1. The van der Waals surface area contributed by atoms with E-state index < -0.39 is 6.10 Å². The summed E-state index contributed by atoms with van der Waals surface area (Å²) >= 11 is 0. The van der Waals surface area contributed by atoms with E-state index in [2.05, 4.69) is 20.3 Å². The van der Waals surface area contributed by atoms with Crippen molar-refractivity contribution in [2.45, 2.75) is 32.6 Å². The fourth-order valence-electron chi connectivity index (χ4n) is 2.93. The van der Waals surface area contributed by atoms with Crippen LogP contribution in [0.3, 0.4) is 0 Å². The molecule has 0 radical (unpaired) electrons. The number of ether oxygens (including phenoxy) is 1. The van der Waals surface area contributed by atoms with Gasteiger partial charge in [-0.15, -0.1) is 10.2 Å². The van der Waals surface area contributed by atoms with Crippen LogP contribution in [0.2, 0.25) is 0 Å². The zero-order valence-electron chi connectivity index (χ0n) is 13.6. The molecule has 0 aliphatic carbocycles. The molecule has 1 N–H and O–H groups in total. The Morgan fingerprint density at radius 1 is 1.38 bits per heavy atom. The zero-order valence-corrected chi connectivity index (χ0v) is 13.6. The molecule has 4 heterocycles. The Bertz CT molecular complexity index is 859. The van der Waals surface area contributed by atoms with Crippen molar-refractivity contribution in [2.75, 3.05) is 18.0 Å². The average molecular weight is 329 g/mol. The van der Waals surface area contributed by atoms with Crippen LogP contribution < -0.4 is 9.64 Å². The molecule has 1 aliphatic heterocycles. The first-order valence-electron chi connectivity index (χ1n) is 7.93. The highest BCUT2D eigenvalue weighted by molar-refractivity contribution is 5.52. The topological polar surface area (TPSA) is 93.6 Å². The largest absolute Gasteiger partial charge is 0.482 e. The van der Waals surface area contributed by atoms with Gasteiger partial charge in [0.15, 0.2) is 11.4 Å². The van der Waals surface area contributed by atoms with Crippen molar-refractivity contribution in [3.8, 4) is 5.75 Å². The molecule has 3 aromatic heterocycles. The van der Waals surface area contributed by atoms with Gasteiger partial charge in [0, 0.05) is 19.2 Å². The van der Waals surface area contributed by atoms with Gasteiger partial charge in [-0.05, 0) is 13.8 Å². The lowest BCUT2D eigenvalue weighted by Gasteiger charge is -2.17. The molecular formula is C15H19N7O2. The number of aromatic nitrogens is 6. The molecule has 0 unspecified atom stereocenters. The molecule has 9 heteroatoms. The lowest BCUT2D eigenvalue weighted by Crippen LogP contribution is -2.29. The molecule has 0 spiro atoms. The molecule has 9 nitrogen and oxygen atoms in total. The third kappa shape index (κ3) is 2.56. The van der Waals surface area contributed by atoms with Gasteiger partial charge in [-0.25, -0.2) is 4.98 Å². The number of hydrogen-bond donors (Lipinski definition) is 1. The van der Waals surface area contributed by atoms with E-state index in [1.165, 1.54) is 0 Å². The van der Waals surface area contributed by atoms with Crippen molar-refractivity contribution in [2.24, 2.45) is 0 Å². The second-order valence-corrected chi connectivity index (χ2v) is 5.88. The van der Waals surface area contributed by atoms with E-state index in [4.69, 9.17) is 4.74 Å². The Kier molecular flexibility index (Phi) is 3.57. The number of β-amino-alcohol motifs (C(OH)–C–C–N with tert-alkyl or cyclic N) is 1. The second kappa shape index (κ2) is 5.75. The summed E-state index contributed by atoms with van der Waals surface area (Å²) in [5.74, 6) is 2.23. The molecule has 126 valence electrons. The quantitative estimate of drug-likeness (QED) is 0.734. The predicted molar refractivity (Wildman–Crippen MR) is 86.1 cm³/mol. The number of aliphatic hydroxyl groups excluding tert-OH is 1. The molecule has 24 heavy (non-hydrogen) atoms. The van der Waals surface area contributed by atoms with Gasteiger partial charge < -0.3 is 14.7 Å². The summed E-state index contributed by atoms with van der Waals surface area (Å²) in [7, 11) is 0. The van der Waals surface area contributed by atoms with Crippen molar-refractivity contribution >= 4 is 11.5 Å². The molecule has 0 saturated carbocycles. The smallest absolute Gasteiger partial charge is 0.165 e. The van der Waals surface area contributed by atoms with Gasteiger partial charge in [-0.3, -0.25) is 9.08 Å². The summed E-state index contributed by atoms with van der Waals surface area (Å²) in [6, 6.07) is 1.87. The molecule has 4 rings (SSSR count).